The number of hydrogen-bond donors (Lipinski definition) is 0. The molecule has 0 fully saturated rings. The number of nitrogens with zero attached hydrogens (tertiary/aromatic N) is 8. The van der Waals surface area contributed by atoms with Gasteiger partial charge in [0.2, 0.25) is 11.8 Å². The lowest BCUT2D eigenvalue weighted by atomic mass is 9.98. The van der Waals surface area contributed by atoms with Crippen LogP contribution in [0.5, 0.6) is 0 Å². The fourth-order valence-corrected chi connectivity index (χ4v) is 11.3. The second-order valence-electron chi connectivity index (χ2n) is 21.3. The number of halogens is 8. The van der Waals surface area contributed by atoms with Crippen molar-refractivity contribution in [3.05, 3.63) is 233 Å². The van der Waals surface area contributed by atoms with Gasteiger partial charge in [0.1, 0.15) is 24.7 Å². The molecule has 22 heteroatoms. The molecule has 2 aromatic heterocycles. The van der Waals surface area contributed by atoms with Gasteiger partial charge in [0, 0.05) is 85.4 Å². The lowest BCUT2D eigenvalue weighted by Gasteiger charge is -2.28. The molecule has 0 spiro atoms. The van der Waals surface area contributed by atoms with Gasteiger partial charge in [-0.1, -0.05) is 155 Å². The molecule has 10 rings (SSSR count). The Morgan fingerprint density at radius 2 is 1.03 bits per heavy atom. The van der Waals surface area contributed by atoms with Crippen molar-refractivity contribution in [1.29, 1.82) is 0 Å². The van der Waals surface area contributed by atoms with Crippen LogP contribution in [-0.2, 0) is 85.0 Å². The first-order chi connectivity index (χ1) is 57.1. The predicted molar refractivity (Wildman–Crippen MR) is 362 cm³/mol. The molecule has 12 nitrogen and oxygen atoms in total. The molecule has 0 N–H and O–H groups in total. The van der Waals surface area contributed by atoms with E-state index in [1.54, 1.807) is 18.7 Å². The van der Waals surface area contributed by atoms with Crippen molar-refractivity contribution in [3.63, 3.8) is 0 Å². The molecule has 96 heavy (non-hydrogen) atoms. The van der Waals surface area contributed by atoms with Gasteiger partial charge < -0.3 is 28.7 Å². The van der Waals surface area contributed by atoms with E-state index in [1.807, 2.05) is 18.7 Å². The Morgan fingerprint density at radius 3 is 1.52 bits per heavy atom. The molecular formula is C74H80F8N8O4S2. The molecule has 8 aromatic rings. The second-order valence-corrected chi connectivity index (χ2v) is 22.8. The Balaban J connectivity index is 0.000000281. The number of benzene rings is 6. The van der Waals surface area contributed by atoms with E-state index in [2.05, 4.69) is 9.97 Å². The molecule has 1 unspecified atom stereocenters. The summed E-state index contributed by atoms with van der Waals surface area (Å²) in [6, 6.07) is -7.34. The van der Waals surface area contributed by atoms with Crippen LogP contribution in [0.4, 0.5) is 35.1 Å². The number of aromatic nitrogens is 4. The molecule has 2 amide bonds. The average molecular weight is 1390 g/mol. The highest BCUT2D eigenvalue weighted by Gasteiger charge is 2.34. The maximum atomic E-state index is 14.7. The van der Waals surface area contributed by atoms with Crippen molar-refractivity contribution in [2.45, 2.75) is 134 Å². The standard InChI is InChI=1S/2C37H40F4N4O2S/c1-4-43(5-2)18-19-44(22-26-6-10-28(11-7-26)29-12-14-30(15-13-29)37(39,40)41)34(46)23-45-33-21-25(3)20-32(33)35(47)42-36(45)48-24-27-8-16-31(38)17-9-27;1-4-43(5-2)19-20-44(22-26-9-13-28(14-10-26)29-15-18-32(25(3)21-29)37(39,40)41)34(46)23-45-33-8-6-7-31(33)35(47)42-36(45)48-24-27-11-16-30(38)17-12-27/h6-17,25H,4-5,18-24H2,1-3H3;9-18,21H,4-8,19-20,22-24H2,1-3H3/i8D,9D,16D,17D,20D2,21D2,22D2,24D2,25D;9D,10D,11D,12D,13D,14D,15D,16D,17D,18D,21D,22D2,24D2. The van der Waals surface area contributed by atoms with E-state index in [-0.39, 0.29) is 72.8 Å². The SMILES string of the molecule is [2H]c1c([2H])c(C([2H])([2H])Sc2nc(=O)c3c(n2CC(=O)N(CCN(CC)CC)C([2H])([2H])c2c([2H])c([2H])c(-c4c([2H])c([2H])c(C(F)(F)F)c(C)c4[2H])c([2H])c2[2H])CCC3)c([2H])c([2H])c1F.[2H]c1c([2H])c(C([2H])([2H])Sc2nc(=O)c3c(n2CC(=O)N(CCN(CC)CC)C([2H])([2H])c2ccc(-c4ccc(C(F)(F)F)cc4)cc2)C([2H])([2H])C([2H])(C)C3([2H])[2H])c([2H])c([2H])c1F. The van der Waals surface area contributed by atoms with Crippen molar-refractivity contribution in [3.8, 4) is 22.3 Å². The average Bonchev–Trinajstić information content (AvgIpc) is 1.52. The van der Waals surface area contributed by atoms with E-state index in [4.69, 9.17) is 32.9 Å². The van der Waals surface area contributed by atoms with Crippen molar-refractivity contribution in [1.82, 2.24) is 38.7 Å². The summed E-state index contributed by atoms with van der Waals surface area (Å²) in [4.78, 5) is 69.1. The molecule has 0 saturated carbocycles. The molecule has 2 heterocycles. The summed E-state index contributed by atoms with van der Waals surface area (Å²) < 4.78 is 353. The van der Waals surface area contributed by atoms with E-state index >= 15 is 0 Å². The van der Waals surface area contributed by atoms with Gasteiger partial charge >= 0.3 is 12.4 Å². The first-order valence-electron chi connectivity index (χ1n) is 43.9. The summed E-state index contributed by atoms with van der Waals surface area (Å²) in [5, 5.41) is -1.35. The second kappa shape index (κ2) is 32.9. The van der Waals surface area contributed by atoms with Crippen molar-refractivity contribution in [2.24, 2.45) is 5.89 Å². The highest BCUT2D eigenvalue weighted by Crippen LogP contribution is 2.36. The minimum Gasteiger partial charge on any atom is -0.336 e. The third kappa shape index (κ3) is 19.0. The van der Waals surface area contributed by atoms with Crippen LogP contribution in [0.2, 0.25) is 0 Å². The summed E-state index contributed by atoms with van der Waals surface area (Å²) in [5.41, 5.74) is -17.0. The lowest BCUT2D eigenvalue weighted by molar-refractivity contribution is -0.138. The molecule has 0 radical (unpaired) electrons. The van der Waals surface area contributed by atoms with Crippen LogP contribution in [0.25, 0.3) is 22.3 Å². The van der Waals surface area contributed by atoms with Crippen LogP contribution >= 0.6 is 23.5 Å². The number of carbonyl (C=O) groups excluding carboxylic acids is 2. The summed E-state index contributed by atoms with van der Waals surface area (Å²) in [7, 11) is 0. The van der Waals surface area contributed by atoms with Gasteiger partial charge in [0.05, 0.1) is 37.2 Å². The number of hydrogen-bond acceptors (Lipinski definition) is 10. The van der Waals surface area contributed by atoms with Gasteiger partial charge in [-0.15, -0.1) is 0 Å². The number of fused-ring (bicyclic) bond motifs is 2. The molecular weight excluding hydrogens is 1280 g/mol. The Labute approximate surface area is 603 Å². The lowest BCUT2D eigenvalue weighted by Crippen LogP contribution is -2.40. The normalized spacial score (nSPS) is 20.2. The molecule has 6 aromatic carbocycles. The topological polar surface area (TPSA) is 117 Å². The largest absolute Gasteiger partial charge is 0.416 e. The van der Waals surface area contributed by atoms with E-state index < -0.39 is 266 Å². The maximum Gasteiger partial charge on any atom is 0.416 e. The van der Waals surface area contributed by atoms with Gasteiger partial charge in [0.15, 0.2) is 10.3 Å². The summed E-state index contributed by atoms with van der Waals surface area (Å²) in [6.07, 6.45) is -15.2. The number of thioether (sulfide) groups is 2. The minimum atomic E-state index is -5.16. The zero-order valence-electron chi connectivity index (χ0n) is 80.4. The molecule has 0 aliphatic heterocycles. The molecule has 508 valence electrons. The van der Waals surface area contributed by atoms with Crippen molar-refractivity contribution in [2.75, 3.05) is 52.4 Å². The van der Waals surface area contributed by atoms with Crippen LogP contribution in [0.1, 0.15) is 141 Å². The van der Waals surface area contributed by atoms with Crippen LogP contribution in [-0.4, -0.2) is 103 Å². The summed E-state index contributed by atoms with van der Waals surface area (Å²) in [6.45, 7) is 2.05. The zero-order chi connectivity index (χ0) is 93.6. The zero-order valence-corrected chi connectivity index (χ0v) is 54.0. The number of alkyl halides is 6. The van der Waals surface area contributed by atoms with E-state index in [0.29, 0.717) is 53.2 Å². The third-order valence-corrected chi connectivity index (χ3v) is 16.6. The van der Waals surface area contributed by atoms with Gasteiger partial charge in [0.25, 0.3) is 11.1 Å². The third-order valence-electron chi connectivity index (χ3n) is 15.0. The molecule has 1 atom stereocenters. The van der Waals surface area contributed by atoms with Gasteiger partial charge in [-0.25, -0.2) is 8.78 Å². The molecule has 0 bridgehead atoms. The van der Waals surface area contributed by atoms with Crippen LogP contribution in [0.3, 0.4) is 0 Å². The maximum absolute atomic E-state index is 14.7. The van der Waals surface area contributed by atoms with Crippen LogP contribution < -0.4 is 11.1 Å². The minimum absolute atomic E-state index is 0.0152. The number of carbonyl (C=O) groups is 2. The Morgan fingerprint density at radius 1 is 0.573 bits per heavy atom. The number of amides is 2. The monoisotopic (exact) mass is 1390 g/mol. The van der Waals surface area contributed by atoms with Gasteiger partial charge in [-0.2, -0.15) is 36.3 Å². The first kappa shape index (κ1) is 43.4. The highest BCUT2D eigenvalue weighted by molar-refractivity contribution is 7.98. The molecule has 2 aliphatic carbocycles. The quantitative estimate of drug-likeness (QED) is 0.0295. The fraction of sp³-hybridized carbons (Fsp3) is 0.378. The van der Waals surface area contributed by atoms with Gasteiger partial charge in [-0.3, -0.25) is 19.2 Å². The summed E-state index contributed by atoms with van der Waals surface area (Å²) >= 11 is 0.0362. The number of rotatable bonds is 26. The molecule has 2 aliphatic rings. The fourth-order valence-electron chi connectivity index (χ4n) is 9.89. The van der Waals surface area contributed by atoms with E-state index in [1.165, 1.54) is 36.4 Å². The van der Waals surface area contributed by atoms with E-state index in [0.717, 1.165) is 35.4 Å². The Bertz CT molecular complexity index is 5550. The predicted octanol–water partition coefficient (Wildman–Crippen LogP) is 15.0. The van der Waals surface area contributed by atoms with Crippen LogP contribution in [0, 0.1) is 24.5 Å². The Hall–Kier alpha value is -7.92. The Kier molecular flexibility index (Phi) is 14.9. The number of likely N-dealkylation sites (N-methyl/N-ethyl adjacent to an activating group) is 2. The van der Waals surface area contributed by atoms with Crippen molar-refractivity contribution < 1.29 is 83.1 Å². The highest BCUT2D eigenvalue weighted by atomic mass is 32.2. The first-order valence-corrected chi connectivity index (χ1v) is 31.5. The van der Waals surface area contributed by atoms with E-state index in [9.17, 15) is 59.8 Å². The van der Waals surface area contributed by atoms with Gasteiger partial charge in [-0.05, 0) is 163 Å². The van der Waals surface area contributed by atoms with Crippen molar-refractivity contribution >= 4 is 35.3 Å². The smallest absolute Gasteiger partial charge is 0.336 e. The molecule has 0 saturated heterocycles. The van der Waals surface area contributed by atoms with Crippen LogP contribution in [0.15, 0.2) is 159 Å². The summed E-state index contributed by atoms with van der Waals surface area (Å²) in [5.74, 6) is -8.10.